The summed E-state index contributed by atoms with van der Waals surface area (Å²) in [6.45, 7) is 1.83. The number of ether oxygens (including phenoxy) is 1. The second kappa shape index (κ2) is 5.13. The highest BCUT2D eigenvalue weighted by Crippen LogP contribution is 2.26. The molecule has 0 unspecified atom stereocenters. The van der Waals surface area contributed by atoms with Gasteiger partial charge in [-0.3, -0.25) is 4.79 Å². The summed E-state index contributed by atoms with van der Waals surface area (Å²) in [5, 5.41) is 0. The molecule has 0 aromatic heterocycles. The highest BCUT2D eigenvalue weighted by Gasteiger charge is 2.26. The Balaban J connectivity index is 2.02. The molecule has 0 N–H and O–H groups in total. The maximum Gasteiger partial charge on any atom is 0.346 e. The van der Waals surface area contributed by atoms with Crippen molar-refractivity contribution in [3.8, 4) is 0 Å². The van der Waals surface area contributed by atoms with Crippen LogP contribution in [0.15, 0.2) is 24.3 Å². The van der Waals surface area contributed by atoms with Crippen molar-refractivity contribution in [2.75, 3.05) is 0 Å². The van der Waals surface area contributed by atoms with Crippen LogP contribution < -0.4 is 0 Å². The molecule has 1 aromatic rings. The molecule has 3 heteroatoms. The van der Waals surface area contributed by atoms with Gasteiger partial charge in [-0.1, -0.05) is 31.0 Å². The van der Waals surface area contributed by atoms with Crippen LogP contribution in [0, 0.1) is 12.8 Å². The number of carbonyl (C=O) groups is 2. The van der Waals surface area contributed by atoms with Gasteiger partial charge in [0.25, 0.3) is 0 Å². The Morgan fingerprint density at radius 1 is 1.18 bits per heavy atom. The summed E-state index contributed by atoms with van der Waals surface area (Å²) in [5.41, 5.74) is 1.30. The van der Waals surface area contributed by atoms with Gasteiger partial charge >= 0.3 is 11.9 Å². The van der Waals surface area contributed by atoms with Crippen molar-refractivity contribution in [3.63, 3.8) is 0 Å². The summed E-state index contributed by atoms with van der Waals surface area (Å²) in [5.74, 6) is -0.973. The molecular weight excluding hydrogens is 216 g/mol. The van der Waals surface area contributed by atoms with Gasteiger partial charge in [0, 0.05) is 0 Å². The molecule has 3 nitrogen and oxygen atoms in total. The Morgan fingerprint density at radius 2 is 1.82 bits per heavy atom. The van der Waals surface area contributed by atoms with Gasteiger partial charge in [-0.25, -0.2) is 4.79 Å². The number of rotatable bonds is 2. The van der Waals surface area contributed by atoms with Crippen molar-refractivity contribution in [3.05, 3.63) is 35.4 Å². The average molecular weight is 232 g/mol. The smallest absolute Gasteiger partial charge is 0.346 e. The molecule has 1 aromatic carbocycles. The standard InChI is InChI=1S/C14H16O3/c1-10-6-2-5-9-12(10)14(16)17-13(15)11-7-3-4-8-11/h2,5-6,9,11H,3-4,7-8H2,1H3. The van der Waals surface area contributed by atoms with Gasteiger partial charge in [-0.2, -0.15) is 0 Å². The summed E-state index contributed by atoms with van der Waals surface area (Å²) >= 11 is 0. The van der Waals surface area contributed by atoms with Gasteiger partial charge in [0.05, 0.1) is 11.5 Å². The van der Waals surface area contributed by atoms with Gasteiger partial charge in [0.15, 0.2) is 0 Å². The lowest BCUT2D eigenvalue weighted by molar-refractivity contribution is -0.142. The van der Waals surface area contributed by atoms with Crippen molar-refractivity contribution in [2.24, 2.45) is 5.92 Å². The molecule has 0 amide bonds. The molecule has 0 saturated heterocycles. The minimum Gasteiger partial charge on any atom is -0.389 e. The lowest BCUT2D eigenvalue weighted by atomic mass is 10.1. The van der Waals surface area contributed by atoms with Crippen molar-refractivity contribution in [1.82, 2.24) is 0 Å². The SMILES string of the molecule is Cc1ccccc1C(=O)OC(=O)C1CCCC1. The monoisotopic (exact) mass is 232 g/mol. The summed E-state index contributed by atoms with van der Waals surface area (Å²) in [6.07, 6.45) is 3.80. The maximum absolute atomic E-state index is 11.8. The second-order valence-electron chi connectivity index (χ2n) is 4.50. The van der Waals surface area contributed by atoms with Crippen LogP contribution in [-0.4, -0.2) is 11.9 Å². The van der Waals surface area contributed by atoms with E-state index in [2.05, 4.69) is 0 Å². The maximum atomic E-state index is 11.8. The van der Waals surface area contributed by atoms with Gasteiger partial charge in [0.1, 0.15) is 0 Å². The van der Waals surface area contributed by atoms with E-state index in [0.717, 1.165) is 31.2 Å². The third-order valence-corrected chi connectivity index (χ3v) is 3.25. The molecule has 1 saturated carbocycles. The van der Waals surface area contributed by atoms with E-state index in [4.69, 9.17) is 4.74 Å². The van der Waals surface area contributed by atoms with Crippen LogP contribution in [0.5, 0.6) is 0 Å². The van der Waals surface area contributed by atoms with E-state index in [-0.39, 0.29) is 11.9 Å². The first-order valence-corrected chi connectivity index (χ1v) is 6.00. The predicted octanol–water partition coefficient (Wildman–Crippen LogP) is 2.87. The molecule has 0 aliphatic heterocycles. The Bertz CT molecular complexity index is 431. The molecule has 90 valence electrons. The molecule has 1 fully saturated rings. The lowest BCUT2D eigenvalue weighted by Crippen LogP contribution is -2.19. The van der Waals surface area contributed by atoms with Gasteiger partial charge < -0.3 is 4.74 Å². The zero-order valence-electron chi connectivity index (χ0n) is 9.94. The quantitative estimate of drug-likeness (QED) is 0.581. The van der Waals surface area contributed by atoms with E-state index in [0.29, 0.717) is 5.56 Å². The highest BCUT2D eigenvalue weighted by molar-refractivity contribution is 5.98. The first-order valence-electron chi connectivity index (χ1n) is 6.00. The van der Waals surface area contributed by atoms with Crippen LogP contribution in [0.2, 0.25) is 0 Å². The number of hydrogen-bond donors (Lipinski definition) is 0. The molecule has 1 aliphatic rings. The number of hydrogen-bond acceptors (Lipinski definition) is 3. The third-order valence-electron chi connectivity index (χ3n) is 3.25. The highest BCUT2D eigenvalue weighted by atomic mass is 16.6. The largest absolute Gasteiger partial charge is 0.389 e. The minimum absolute atomic E-state index is 0.0806. The van der Waals surface area contributed by atoms with Crippen LogP contribution in [-0.2, 0) is 9.53 Å². The summed E-state index contributed by atoms with van der Waals surface area (Å²) in [7, 11) is 0. The third kappa shape index (κ3) is 2.73. The first-order chi connectivity index (χ1) is 8.18. The Hall–Kier alpha value is -1.64. The number of esters is 2. The van der Waals surface area contributed by atoms with Crippen LogP contribution >= 0.6 is 0 Å². The van der Waals surface area contributed by atoms with Crippen LogP contribution in [0.3, 0.4) is 0 Å². The van der Waals surface area contributed by atoms with E-state index < -0.39 is 5.97 Å². The topological polar surface area (TPSA) is 43.4 Å². The van der Waals surface area contributed by atoms with Crippen molar-refractivity contribution < 1.29 is 14.3 Å². The second-order valence-corrected chi connectivity index (χ2v) is 4.50. The molecule has 1 aliphatic carbocycles. The van der Waals surface area contributed by atoms with E-state index in [1.54, 1.807) is 12.1 Å². The van der Waals surface area contributed by atoms with Crippen LogP contribution in [0.1, 0.15) is 41.6 Å². The van der Waals surface area contributed by atoms with E-state index in [1.165, 1.54) is 0 Å². The Labute approximate surface area is 101 Å². The Kier molecular flexibility index (Phi) is 3.57. The van der Waals surface area contributed by atoms with Crippen molar-refractivity contribution in [1.29, 1.82) is 0 Å². The van der Waals surface area contributed by atoms with Gasteiger partial charge in [0.2, 0.25) is 0 Å². The lowest BCUT2D eigenvalue weighted by Gasteiger charge is -2.09. The fourth-order valence-electron chi connectivity index (χ4n) is 2.19. The molecule has 0 heterocycles. The Morgan fingerprint density at radius 3 is 2.47 bits per heavy atom. The van der Waals surface area contributed by atoms with E-state index in [9.17, 15) is 9.59 Å². The molecule has 17 heavy (non-hydrogen) atoms. The molecule has 0 spiro atoms. The molecule has 0 bridgehead atoms. The molecular formula is C14H16O3. The number of carbonyl (C=O) groups excluding carboxylic acids is 2. The summed E-state index contributed by atoms with van der Waals surface area (Å²) in [4.78, 5) is 23.5. The van der Waals surface area contributed by atoms with Gasteiger partial charge in [-0.05, 0) is 31.4 Å². The molecule has 2 rings (SSSR count). The first kappa shape index (κ1) is 11.8. The van der Waals surface area contributed by atoms with Crippen LogP contribution in [0.25, 0.3) is 0 Å². The van der Waals surface area contributed by atoms with Crippen molar-refractivity contribution in [2.45, 2.75) is 32.6 Å². The minimum atomic E-state index is -0.528. The number of aryl methyl sites for hydroxylation is 1. The fourth-order valence-corrected chi connectivity index (χ4v) is 2.19. The number of benzene rings is 1. The normalized spacial score (nSPS) is 15.8. The zero-order valence-corrected chi connectivity index (χ0v) is 9.94. The van der Waals surface area contributed by atoms with E-state index >= 15 is 0 Å². The fraction of sp³-hybridized carbons (Fsp3) is 0.429. The molecule has 0 atom stereocenters. The predicted molar refractivity (Wildman–Crippen MR) is 63.6 cm³/mol. The van der Waals surface area contributed by atoms with E-state index in [1.807, 2.05) is 19.1 Å². The van der Waals surface area contributed by atoms with Gasteiger partial charge in [-0.15, -0.1) is 0 Å². The van der Waals surface area contributed by atoms with Crippen molar-refractivity contribution >= 4 is 11.9 Å². The molecule has 0 radical (unpaired) electrons. The summed E-state index contributed by atoms with van der Waals surface area (Å²) < 4.78 is 4.92. The average Bonchev–Trinajstić information content (AvgIpc) is 2.82. The van der Waals surface area contributed by atoms with Crippen LogP contribution in [0.4, 0.5) is 0 Å². The zero-order chi connectivity index (χ0) is 12.3. The summed E-state index contributed by atoms with van der Waals surface area (Å²) in [6, 6.07) is 7.13.